The average Bonchev–Trinajstić information content (AvgIpc) is 3.23. The maximum Gasteiger partial charge on any atom is 0.264 e. The number of hydrogen-bond donors (Lipinski definition) is 2. The van der Waals surface area contributed by atoms with Gasteiger partial charge in [-0.1, -0.05) is 12.1 Å². The molecule has 2 fully saturated rings. The van der Waals surface area contributed by atoms with Gasteiger partial charge in [-0.05, 0) is 56.0 Å². The van der Waals surface area contributed by atoms with Gasteiger partial charge in [0.2, 0.25) is 11.8 Å². The normalized spacial score (nSPS) is 16.4. The highest BCUT2D eigenvalue weighted by molar-refractivity contribution is 7.93. The van der Waals surface area contributed by atoms with E-state index in [2.05, 4.69) is 14.9 Å². The standard InChI is InChI=1S/C24H30N4O5S/c1-33-21-9-4-3-8-19(21)26-34(31,32)22-16-18(11-12-20(22)27-13-5-2-6-14-27)25-23(29)17-28-15-7-10-24(28)30/h3-4,8-9,11-12,16,26H,2,5-7,10,13-15,17H2,1H3,(H,25,29). The molecule has 4 rings (SSSR count). The van der Waals surface area contributed by atoms with E-state index in [1.54, 1.807) is 36.4 Å². The molecule has 2 aliphatic heterocycles. The SMILES string of the molecule is COc1ccccc1NS(=O)(=O)c1cc(NC(=O)CN2CCCC2=O)ccc1N1CCCCC1. The number of rotatable bonds is 8. The Bertz CT molecular complexity index is 1160. The summed E-state index contributed by atoms with van der Waals surface area (Å²) in [5, 5.41) is 2.75. The molecule has 10 heteroatoms. The fraction of sp³-hybridized carbons (Fsp3) is 0.417. The van der Waals surface area contributed by atoms with Crippen molar-refractivity contribution in [3.8, 4) is 5.75 Å². The van der Waals surface area contributed by atoms with Crippen LogP contribution in [0.15, 0.2) is 47.4 Å². The second-order valence-electron chi connectivity index (χ2n) is 8.50. The van der Waals surface area contributed by atoms with Crippen LogP contribution in [0.4, 0.5) is 17.1 Å². The Morgan fingerprint density at radius 2 is 1.79 bits per heavy atom. The molecule has 2 aromatic rings. The topological polar surface area (TPSA) is 108 Å². The summed E-state index contributed by atoms with van der Waals surface area (Å²) in [7, 11) is -2.52. The minimum absolute atomic E-state index is 0.0418. The molecule has 0 bridgehead atoms. The number of para-hydroxylation sites is 2. The smallest absolute Gasteiger partial charge is 0.264 e. The molecule has 0 aliphatic carbocycles. The van der Waals surface area contributed by atoms with Crippen LogP contribution < -0.4 is 19.7 Å². The summed E-state index contributed by atoms with van der Waals surface area (Å²) in [6.45, 7) is 2.04. The molecule has 2 amide bonds. The van der Waals surface area contributed by atoms with Crippen molar-refractivity contribution in [1.29, 1.82) is 0 Å². The van der Waals surface area contributed by atoms with E-state index >= 15 is 0 Å². The molecular formula is C24H30N4O5S. The molecule has 0 radical (unpaired) electrons. The molecule has 2 aromatic carbocycles. The monoisotopic (exact) mass is 486 g/mol. The highest BCUT2D eigenvalue weighted by Gasteiger charge is 2.26. The maximum absolute atomic E-state index is 13.5. The average molecular weight is 487 g/mol. The van der Waals surface area contributed by atoms with Gasteiger partial charge in [-0.25, -0.2) is 8.42 Å². The molecular weight excluding hydrogens is 456 g/mol. The van der Waals surface area contributed by atoms with Gasteiger partial charge in [0.1, 0.15) is 10.6 Å². The van der Waals surface area contributed by atoms with Crippen molar-refractivity contribution in [1.82, 2.24) is 4.90 Å². The van der Waals surface area contributed by atoms with Crippen LogP contribution in [-0.2, 0) is 19.6 Å². The summed E-state index contributed by atoms with van der Waals surface area (Å²) >= 11 is 0. The first-order chi connectivity index (χ1) is 16.4. The molecule has 2 heterocycles. The Kier molecular flexibility index (Phi) is 7.26. The van der Waals surface area contributed by atoms with Crippen molar-refractivity contribution in [3.63, 3.8) is 0 Å². The number of benzene rings is 2. The number of ether oxygens (including phenoxy) is 1. The van der Waals surface area contributed by atoms with Gasteiger partial charge < -0.3 is 19.9 Å². The van der Waals surface area contributed by atoms with Crippen LogP contribution in [0.1, 0.15) is 32.1 Å². The van der Waals surface area contributed by atoms with Crippen LogP contribution in [0, 0.1) is 0 Å². The van der Waals surface area contributed by atoms with Crippen molar-refractivity contribution >= 4 is 38.9 Å². The van der Waals surface area contributed by atoms with E-state index in [1.165, 1.54) is 18.1 Å². The first kappa shape index (κ1) is 23.9. The Hall–Kier alpha value is -3.27. The fourth-order valence-electron chi connectivity index (χ4n) is 4.38. The summed E-state index contributed by atoms with van der Waals surface area (Å²) in [4.78, 5) is 28.0. The van der Waals surface area contributed by atoms with E-state index in [1.807, 2.05) is 0 Å². The number of nitrogens with one attached hydrogen (secondary N) is 2. The van der Waals surface area contributed by atoms with E-state index < -0.39 is 10.0 Å². The molecule has 182 valence electrons. The number of piperidine rings is 1. The van der Waals surface area contributed by atoms with Crippen molar-refractivity contribution in [2.45, 2.75) is 37.0 Å². The summed E-state index contributed by atoms with van der Waals surface area (Å²) < 4.78 is 35.0. The zero-order valence-electron chi connectivity index (χ0n) is 19.2. The molecule has 0 spiro atoms. The lowest BCUT2D eigenvalue weighted by Crippen LogP contribution is -2.34. The number of nitrogens with zero attached hydrogens (tertiary/aromatic N) is 2. The van der Waals surface area contributed by atoms with Crippen LogP contribution in [0.2, 0.25) is 0 Å². The number of hydrogen-bond acceptors (Lipinski definition) is 6. The highest BCUT2D eigenvalue weighted by Crippen LogP contribution is 2.33. The summed E-state index contributed by atoms with van der Waals surface area (Å²) in [6.07, 6.45) is 4.29. The maximum atomic E-state index is 13.5. The zero-order chi connectivity index (χ0) is 24.1. The molecule has 0 saturated carbocycles. The summed E-state index contributed by atoms with van der Waals surface area (Å²) in [5.41, 5.74) is 1.28. The largest absolute Gasteiger partial charge is 0.495 e. The third-order valence-electron chi connectivity index (χ3n) is 6.09. The van der Waals surface area contributed by atoms with Crippen molar-refractivity contribution < 1.29 is 22.7 Å². The van der Waals surface area contributed by atoms with Gasteiger partial charge in [0.05, 0.1) is 25.0 Å². The Labute approximate surface area is 200 Å². The second-order valence-corrected chi connectivity index (χ2v) is 10.2. The van der Waals surface area contributed by atoms with E-state index in [9.17, 15) is 18.0 Å². The first-order valence-electron chi connectivity index (χ1n) is 11.5. The van der Waals surface area contributed by atoms with Crippen LogP contribution in [0.3, 0.4) is 0 Å². The van der Waals surface area contributed by atoms with Gasteiger partial charge in [0, 0.05) is 31.7 Å². The molecule has 0 unspecified atom stereocenters. The van der Waals surface area contributed by atoms with Gasteiger partial charge in [0.25, 0.3) is 10.0 Å². The predicted molar refractivity (Wildman–Crippen MR) is 131 cm³/mol. The molecule has 9 nitrogen and oxygen atoms in total. The molecule has 34 heavy (non-hydrogen) atoms. The lowest BCUT2D eigenvalue weighted by Gasteiger charge is -2.30. The van der Waals surface area contributed by atoms with Gasteiger partial charge in [-0.3, -0.25) is 14.3 Å². The number of likely N-dealkylation sites (tertiary alicyclic amines) is 1. The quantitative estimate of drug-likeness (QED) is 0.594. The van der Waals surface area contributed by atoms with Gasteiger partial charge >= 0.3 is 0 Å². The molecule has 0 atom stereocenters. The van der Waals surface area contributed by atoms with Crippen molar-refractivity contribution in [2.24, 2.45) is 0 Å². The zero-order valence-corrected chi connectivity index (χ0v) is 20.1. The third kappa shape index (κ3) is 5.44. The van der Waals surface area contributed by atoms with Crippen LogP contribution in [-0.4, -0.2) is 58.4 Å². The fourth-order valence-corrected chi connectivity index (χ4v) is 5.70. The van der Waals surface area contributed by atoms with Gasteiger partial charge in [0.15, 0.2) is 0 Å². The number of amides is 2. The van der Waals surface area contributed by atoms with E-state index in [4.69, 9.17) is 4.74 Å². The minimum atomic E-state index is -4.00. The number of carbonyl (C=O) groups is 2. The predicted octanol–water partition coefficient (Wildman–Crippen LogP) is 3.05. The van der Waals surface area contributed by atoms with Gasteiger partial charge in [-0.2, -0.15) is 0 Å². The van der Waals surface area contributed by atoms with Crippen LogP contribution in [0.5, 0.6) is 5.75 Å². The minimum Gasteiger partial charge on any atom is -0.495 e. The molecule has 2 N–H and O–H groups in total. The first-order valence-corrected chi connectivity index (χ1v) is 13.0. The Morgan fingerprint density at radius 1 is 1.03 bits per heavy atom. The van der Waals surface area contributed by atoms with E-state index in [0.717, 1.165) is 38.8 Å². The lowest BCUT2D eigenvalue weighted by atomic mass is 10.1. The number of sulfonamides is 1. The molecule has 2 aliphatic rings. The number of carbonyl (C=O) groups excluding carboxylic acids is 2. The second kappa shape index (κ2) is 10.3. The third-order valence-corrected chi connectivity index (χ3v) is 7.48. The highest BCUT2D eigenvalue weighted by atomic mass is 32.2. The van der Waals surface area contributed by atoms with Crippen LogP contribution >= 0.6 is 0 Å². The summed E-state index contributed by atoms with van der Waals surface area (Å²) in [5.74, 6) is 0.00668. The van der Waals surface area contributed by atoms with Crippen LogP contribution in [0.25, 0.3) is 0 Å². The van der Waals surface area contributed by atoms with Crippen molar-refractivity contribution in [2.75, 3.05) is 48.2 Å². The Balaban J connectivity index is 1.63. The lowest BCUT2D eigenvalue weighted by molar-refractivity contribution is -0.131. The summed E-state index contributed by atoms with van der Waals surface area (Å²) in [6, 6.07) is 11.7. The Morgan fingerprint density at radius 3 is 2.50 bits per heavy atom. The van der Waals surface area contributed by atoms with Crippen molar-refractivity contribution in [3.05, 3.63) is 42.5 Å². The number of anilines is 3. The van der Waals surface area contributed by atoms with E-state index in [-0.39, 0.29) is 23.3 Å². The number of methoxy groups -OCH3 is 1. The molecule has 0 aromatic heterocycles. The van der Waals surface area contributed by atoms with E-state index in [0.29, 0.717) is 35.8 Å². The molecule has 2 saturated heterocycles. The van der Waals surface area contributed by atoms with Gasteiger partial charge in [-0.15, -0.1) is 0 Å².